The molecular weight excluding hydrogens is 1880 g/mol. The molecule has 0 N–H and O–H groups in total. The maximum Gasteiger partial charge on any atom is 0.226 e. The molecule has 144 heavy (non-hydrogen) atoms. The molecule has 7 aromatic heterocycles. The number of para-hydroxylation sites is 2. The Morgan fingerprint density at radius 2 is 0.507 bits per heavy atom. The third kappa shape index (κ3) is 19.3. The first-order valence-corrected chi connectivity index (χ1v) is 48.2. The fourth-order valence-corrected chi connectivity index (χ4v) is 19.0. The predicted molar refractivity (Wildman–Crippen MR) is 582 cm³/mol. The molecule has 0 atom stereocenters. The maximum absolute atomic E-state index is 6.34. The molecule has 0 bridgehead atoms. The summed E-state index contributed by atoms with van der Waals surface area (Å²) in [6.45, 7) is 4.52. The Bertz CT molecular complexity index is 9080. The fourth-order valence-electron chi connectivity index (χ4n) is 18.2. The molecule has 18 aromatic carbocycles. The SMILES string of the molecule is CC1(C)c2ccccc2-c2ccc(-c3nc(Cl)nc(-c4ccccc4)n3)cc21.Clc1nc(-c2cccc(-c3ccccc3)c2)nc(-c2ccccc2-c2ccccc2)n1.Clc1nc(-c2ccccc2)nc(-c2cc3ccccc3c3ccccc23)n1.Clc1nc(-c2ccccc2)nc(-c2cccc3c2oc2ccccc23)n1.Clc1nc(-c2ccccc2)nc(-c2cccc3oc4ccc(-c5ccccc5)cc4c23)n1. The van der Waals surface area contributed by atoms with Gasteiger partial charge in [0.1, 0.15) is 22.3 Å². The number of aromatic nitrogens is 15. The molecule has 0 radical (unpaired) electrons. The Kier molecular flexibility index (Phi) is 26.0. The van der Waals surface area contributed by atoms with Crippen molar-refractivity contribution in [3.8, 4) is 158 Å². The third-order valence-electron chi connectivity index (χ3n) is 25.0. The van der Waals surface area contributed by atoms with Gasteiger partial charge < -0.3 is 8.83 Å². The van der Waals surface area contributed by atoms with Gasteiger partial charge in [-0.15, -0.1) is 0 Å². The second-order valence-electron chi connectivity index (χ2n) is 34.3. The summed E-state index contributed by atoms with van der Waals surface area (Å²) in [6, 6.07) is 146. The highest BCUT2D eigenvalue weighted by Crippen LogP contribution is 2.50. The van der Waals surface area contributed by atoms with Gasteiger partial charge in [-0.25, -0.2) is 24.9 Å². The summed E-state index contributed by atoms with van der Waals surface area (Å²) < 4.78 is 12.2. The quantitative estimate of drug-likeness (QED) is 0.0980. The number of hydrogen-bond acceptors (Lipinski definition) is 17. The Hall–Kier alpha value is -17.4. The van der Waals surface area contributed by atoms with Crippen molar-refractivity contribution in [1.82, 2.24) is 74.8 Å². The molecule has 0 saturated heterocycles. The number of rotatable bonds is 13. The van der Waals surface area contributed by atoms with E-state index < -0.39 is 0 Å². The van der Waals surface area contributed by atoms with Gasteiger partial charge in [0.05, 0.1) is 5.56 Å². The van der Waals surface area contributed by atoms with E-state index >= 15 is 0 Å². The first kappa shape index (κ1) is 91.7. The van der Waals surface area contributed by atoms with Crippen molar-refractivity contribution in [2.75, 3.05) is 0 Å². The number of benzene rings is 18. The Balaban J connectivity index is 0.000000103. The molecule has 0 amide bonds. The van der Waals surface area contributed by atoms with E-state index in [1.807, 2.05) is 291 Å². The molecule has 0 saturated carbocycles. The zero-order valence-corrected chi connectivity index (χ0v) is 80.8. The number of fused-ring (bicyclic) bond motifs is 12. The molecule has 0 fully saturated rings. The molecule has 26 rings (SSSR count). The van der Waals surface area contributed by atoms with Crippen LogP contribution >= 0.6 is 58.0 Å². The average Bonchev–Trinajstić information content (AvgIpc) is 1.58. The van der Waals surface area contributed by atoms with E-state index in [4.69, 9.17) is 81.8 Å². The zero-order valence-electron chi connectivity index (χ0n) is 77.0. The number of halogens is 5. The van der Waals surface area contributed by atoms with E-state index in [-0.39, 0.29) is 31.8 Å². The molecule has 1 aliphatic rings. The van der Waals surface area contributed by atoms with Gasteiger partial charge >= 0.3 is 0 Å². The van der Waals surface area contributed by atoms with Crippen molar-refractivity contribution in [1.29, 1.82) is 0 Å². The first-order valence-electron chi connectivity index (χ1n) is 46.3. The molecule has 7 heterocycles. The normalized spacial score (nSPS) is 11.6. The van der Waals surface area contributed by atoms with E-state index in [1.165, 1.54) is 33.0 Å². The highest BCUT2D eigenvalue weighted by molar-refractivity contribution is 6.30. The van der Waals surface area contributed by atoms with Gasteiger partial charge in [0, 0.05) is 77.0 Å². The molecule has 0 aliphatic heterocycles. The highest BCUT2D eigenvalue weighted by atomic mass is 35.5. The van der Waals surface area contributed by atoms with Crippen LogP contribution in [0.1, 0.15) is 25.0 Å². The van der Waals surface area contributed by atoms with Gasteiger partial charge in [-0.1, -0.05) is 402 Å². The summed E-state index contributed by atoms with van der Waals surface area (Å²) in [7, 11) is 0. The van der Waals surface area contributed by atoms with Gasteiger partial charge in [0.25, 0.3) is 0 Å². The van der Waals surface area contributed by atoms with Gasteiger partial charge in [0.15, 0.2) is 58.2 Å². The van der Waals surface area contributed by atoms with Crippen LogP contribution in [0.3, 0.4) is 0 Å². The summed E-state index contributed by atoms with van der Waals surface area (Å²) in [6.07, 6.45) is 0. The van der Waals surface area contributed by atoms with Crippen LogP contribution in [0.25, 0.3) is 224 Å². The Morgan fingerprint density at radius 1 is 0.174 bits per heavy atom. The lowest BCUT2D eigenvalue weighted by Crippen LogP contribution is -2.15. The van der Waals surface area contributed by atoms with Crippen LogP contribution in [0.4, 0.5) is 0 Å². The lowest BCUT2D eigenvalue weighted by molar-refractivity contribution is 0.660. The first-order chi connectivity index (χ1) is 70.7. The van der Waals surface area contributed by atoms with Crippen LogP contribution in [0.5, 0.6) is 0 Å². The van der Waals surface area contributed by atoms with Crippen LogP contribution < -0.4 is 0 Å². The van der Waals surface area contributed by atoms with Crippen LogP contribution in [-0.4, -0.2) is 74.8 Å². The molecule has 22 heteroatoms. The third-order valence-corrected chi connectivity index (χ3v) is 25.8. The zero-order chi connectivity index (χ0) is 97.6. The molecule has 688 valence electrons. The molecule has 1 aliphatic carbocycles. The summed E-state index contributed by atoms with van der Waals surface area (Å²) >= 11 is 31.3. The second kappa shape index (κ2) is 40.8. The van der Waals surface area contributed by atoms with E-state index in [9.17, 15) is 0 Å². The minimum absolute atomic E-state index is 0.0684. The second-order valence-corrected chi connectivity index (χ2v) is 36.0. The van der Waals surface area contributed by atoms with Crippen molar-refractivity contribution >= 4 is 123 Å². The predicted octanol–water partition coefficient (Wildman–Crippen LogP) is 32.7. The van der Waals surface area contributed by atoms with Gasteiger partial charge in [-0.05, 0) is 184 Å². The number of nitrogens with zero attached hydrogens (tertiary/aromatic N) is 15. The molecule has 17 nitrogen and oxygen atoms in total. The summed E-state index contributed by atoms with van der Waals surface area (Å²) in [5.41, 5.74) is 23.9. The maximum atomic E-state index is 6.34. The van der Waals surface area contributed by atoms with Crippen molar-refractivity contribution in [2.45, 2.75) is 19.3 Å². The minimum Gasteiger partial charge on any atom is -0.456 e. The number of hydrogen-bond donors (Lipinski definition) is 0. The molecule has 0 unspecified atom stereocenters. The van der Waals surface area contributed by atoms with Gasteiger partial charge in [0.2, 0.25) is 26.4 Å². The highest BCUT2D eigenvalue weighted by Gasteiger charge is 2.36. The van der Waals surface area contributed by atoms with Crippen LogP contribution in [0.15, 0.2) is 446 Å². The topological polar surface area (TPSA) is 220 Å². The van der Waals surface area contributed by atoms with E-state index in [1.54, 1.807) is 0 Å². The lowest BCUT2D eigenvalue weighted by Gasteiger charge is -2.21. The van der Waals surface area contributed by atoms with Crippen molar-refractivity contribution in [3.05, 3.63) is 474 Å². The van der Waals surface area contributed by atoms with Crippen molar-refractivity contribution in [2.24, 2.45) is 0 Å². The van der Waals surface area contributed by atoms with Crippen LogP contribution in [-0.2, 0) is 5.41 Å². The minimum atomic E-state index is -0.0684. The van der Waals surface area contributed by atoms with Crippen LogP contribution in [0.2, 0.25) is 26.4 Å². The van der Waals surface area contributed by atoms with Crippen molar-refractivity contribution < 1.29 is 8.83 Å². The summed E-state index contributed by atoms with van der Waals surface area (Å²) in [4.78, 5) is 67.2. The monoisotopic (exact) mass is 1960 g/mol. The summed E-state index contributed by atoms with van der Waals surface area (Å²) in [5, 5.41) is 9.55. The molecule has 25 aromatic rings. The van der Waals surface area contributed by atoms with E-state index in [2.05, 4.69) is 219 Å². The number of furan rings is 2. The Morgan fingerprint density at radius 3 is 1.06 bits per heavy atom. The van der Waals surface area contributed by atoms with Crippen molar-refractivity contribution in [3.63, 3.8) is 0 Å². The lowest BCUT2D eigenvalue weighted by atomic mass is 9.82. The average molecular weight is 1960 g/mol. The summed E-state index contributed by atoms with van der Waals surface area (Å²) in [5.74, 6) is 5.51. The van der Waals surface area contributed by atoms with E-state index in [0.717, 1.165) is 144 Å². The smallest absolute Gasteiger partial charge is 0.226 e. The van der Waals surface area contributed by atoms with Gasteiger partial charge in [-0.2, -0.15) is 49.8 Å². The standard InChI is InChI=1S/C27H16ClN3O.C27H18ClN3.C24H18ClN3.C23H14ClN3.C21H12ClN3O/c28-27-30-25(18-10-5-2-6-11-18)29-26(31-27)20-12-7-13-23-24(20)21-16-19(14-15-22(21)32-23)17-8-3-1-4-9-17;28-27-30-25(22-15-9-14-21(18-22)19-10-3-1-4-11-19)29-26(31-27)24-17-8-7-16-23(24)20-12-5-2-6-13-20;1-24(2)19-11-7-6-10-17(19)18-13-12-16(14-20(18)24)22-26-21(27-23(25)28-22)15-8-4-3-5-9-15;24-23-26-21(15-8-2-1-3-9-15)25-22(27-23)20-14-16-10-4-5-11-17(16)18-12-6-7-13-19(18)20;22-21-24-19(13-7-2-1-3-8-13)23-20(25-21)16-11-6-10-15-14-9-4-5-12-17(14)26-18(15)16/h1-16H;1-18H;3-14H,1-2H3;1-14H;1-12H. The largest absolute Gasteiger partial charge is 0.456 e. The van der Waals surface area contributed by atoms with Crippen LogP contribution in [0, 0.1) is 0 Å². The molecule has 0 spiro atoms. The van der Waals surface area contributed by atoms with E-state index in [0.29, 0.717) is 58.2 Å². The van der Waals surface area contributed by atoms with Gasteiger partial charge in [-0.3, -0.25) is 0 Å². The molecular formula is C122H78Cl5N15O2. The Labute approximate surface area is 852 Å². The fraction of sp³-hybridized carbons (Fsp3) is 0.0246.